The fourth-order valence-electron chi connectivity index (χ4n) is 3.11. The minimum atomic E-state index is -0.691. The van der Waals surface area contributed by atoms with Crippen LogP contribution >= 0.6 is 0 Å². The maximum absolute atomic E-state index is 11.2. The molecule has 0 amide bonds. The number of aryl methyl sites for hydroxylation is 1. The van der Waals surface area contributed by atoms with Crippen LogP contribution < -0.4 is 0 Å². The van der Waals surface area contributed by atoms with Crippen molar-refractivity contribution >= 4 is 5.97 Å². The summed E-state index contributed by atoms with van der Waals surface area (Å²) in [5.74, 6) is 0.0827. The number of likely N-dealkylation sites (tertiary alicyclic amines) is 1. The maximum Gasteiger partial charge on any atom is 0.304 e. The molecule has 0 saturated carbocycles. The van der Waals surface area contributed by atoms with Gasteiger partial charge >= 0.3 is 5.97 Å². The Morgan fingerprint density at radius 1 is 1.24 bits per heavy atom. The lowest BCUT2D eigenvalue weighted by molar-refractivity contribution is -0.138. The van der Waals surface area contributed by atoms with E-state index >= 15 is 0 Å². The van der Waals surface area contributed by atoms with Crippen LogP contribution in [-0.4, -0.2) is 35.1 Å². The van der Waals surface area contributed by atoms with Crippen molar-refractivity contribution in [2.75, 3.05) is 13.1 Å². The molecule has 1 aromatic carbocycles. The van der Waals surface area contributed by atoms with E-state index in [4.69, 9.17) is 0 Å². The van der Waals surface area contributed by atoms with Crippen molar-refractivity contribution in [1.29, 1.82) is 0 Å². The van der Waals surface area contributed by atoms with E-state index in [2.05, 4.69) is 43.0 Å². The Balaban J connectivity index is 2.02. The van der Waals surface area contributed by atoms with Gasteiger partial charge in [0, 0.05) is 6.04 Å². The Hall–Kier alpha value is -1.35. The summed E-state index contributed by atoms with van der Waals surface area (Å²) in [5.41, 5.74) is 2.58. The van der Waals surface area contributed by atoms with Gasteiger partial charge in [-0.3, -0.25) is 9.69 Å². The van der Waals surface area contributed by atoms with Crippen LogP contribution in [0.15, 0.2) is 24.3 Å². The highest BCUT2D eigenvalue weighted by atomic mass is 16.4. The highest BCUT2D eigenvalue weighted by Crippen LogP contribution is 2.22. The van der Waals surface area contributed by atoms with Crippen LogP contribution in [0, 0.1) is 5.92 Å². The largest absolute Gasteiger partial charge is 0.481 e. The molecule has 0 bridgehead atoms. The third-order valence-corrected chi connectivity index (χ3v) is 4.65. The van der Waals surface area contributed by atoms with Crippen molar-refractivity contribution in [3.63, 3.8) is 0 Å². The molecule has 0 spiro atoms. The van der Waals surface area contributed by atoms with Gasteiger partial charge in [0.2, 0.25) is 0 Å². The molecule has 0 aliphatic carbocycles. The Morgan fingerprint density at radius 2 is 1.81 bits per heavy atom. The van der Waals surface area contributed by atoms with E-state index in [-0.39, 0.29) is 12.5 Å². The summed E-state index contributed by atoms with van der Waals surface area (Å²) in [5, 5.41) is 9.20. The SMILES string of the molecule is CCc1ccc(CC(CC(=O)O)N2CCC(C)CC2)cc1. The van der Waals surface area contributed by atoms with Crippen LogP contribution in [0.1, 0.15) is 44.2 Å². The van der Waals surface area contributed by atoms with E-state index in [1.165, 1.54) is 24.0 Å². The van der Waals surface area contributed by atoms with Gasteiger partial charge in [-0.1, -0.05) is 38.1 Å². The number of benzene rings is 1. The quantitative estimate of drug-likeness (QED) is 0.873. The smallest absolute Gasteiger partial charge is 0.304 e. The molecule has 1 unspecified atom stereocenters. The molecule has 1 aliphatic rings. The molecule has 3 nitrogen and oxygen atoms in total. The zero-order chi connectivity index (χ0) is 15.2. The molecule has 0 radical (unpaired) electrons. The first kappa shape index (κ1) is 16.0. The number of carboxylic acid groups (broad SMARTS) is 1. The van der Waals surface area contributed by atoms with Crippen molar-refractivity contribution in [2.45, 2.75) is 52.0 Å². The van der Waals surface area contributed by atoms with Gasteiger partial charge in [-0.25, -0.2) is 0 Å². The molecule has 1 aromatic rings. The van der Waals surface area contributed by atoms with E-state index in [1.807, 2.05) is 0 Å². The number of aliphatic carboxylic acids is 1. The van der Waals surface area contributed by atoms with E-state index in [0.717, 1.165) is 31.8 Å². The maximum atomic E-state index is 11.2. The van der Waals surface area contributed by atoms with Gasteiger partial charge in [0.1, 0.15) is 0 Å². The summed E-state index contributed by atoms with van der Waals surface area (Å²) in [4.78, 5) is 13.6. The number of hydrogen-bond donors (Lipinski definition) is 1. The number of nitrogens with zero attached hydrogens (tertiary/aromatic N) is 1. The summed E-state index contributed by atoms with van der Waals surface area (Å²) >= 11 is 0. The molecule has 1 N–H and O–H groups in total. The number of carbonyl (C=O) groups is 1. The van der Waals surface area contributed by atoms with E-state index < -0.39 is 5.97 Å². The van der Waals surface area contributed by atoms with Gasteiger partial charge in [0.25, 0.3) is 0 Å². The third-order valence-electron chi connectivity index (χ3n) is 4.65. The van der Waals surface area contributed by atoms with Gasteiger partial charge in [-0.05, 0) is 55.8 Å². The van der Waals surface area contributed by atoms with Crippen molar-refractivity contribution in [3.8, 4) is 0 Å². The van der Waals surface area contributed by atoms with Gasteiger partial charge in [-0.15, -0.1) is 0 Å². The van der Waals surface area contributed by atoms with Crippen LogP contribution in [0.2, 0.25) is 0 Å². The number of rotatable bonds is 6. The zero-order valence-electron chi connectivity index (χ0n) is 13.2. The second kappa shape index (κ2) is 7.60. The molecular weight excluding hydrogens is 262 g/mol. The zero-order valence-corrected chi connectivity index (χ0v) is 13.2. The standard InChI is InChI=1S/C18H27NO2/c1-3-15-4-6-16(7-5-15)12-17(13-18(20)21)19-10-8-14(2)9-11-19/h4-7,14,17H,3,8-13H2,1-2H3,(H,20,21). The second-order valence-electron chi connectivity index (χ2n) is 6.34. The summed E-state index contributed by atoms with van der Waals surface area (Å²) in [6.45, 7) is 6.50. The molecule has 0 aromatic heterocycles. The number of hydrogen-bond acceptors (Lipinski definition) is 2. The van der Waals surface area contributed by atoms with Gasteiger partial charge < -0.3 is 5.11 Å². The van der Waals surface area contributed by atoms with Crippen molar-refractivity contribution in [3.05, 3.63) is 35.4 Å². The highest BCUT2D eigenvalue weighted by Gasteiger charge is 2.25. The summed E-state index contributed by atoms with van der Waals surface area (Å²) in [6.07, 6.45) is 4.49. The predicted octanol–water partition coefficient (Wildman–Crippen LogP) is 3.37. The monoisotopic (exact) mass is 289 g/mol. The molecule has 1 fully saturated rings. The molecule has 21 heavy (non-hydrogen) atoms. The molecule has 2 rings (SSSR count). The lowest BCUT2D eigenvalue weighted by Crippen LogP contribution is -2.43. The van der Waals surface area contributed by atoms with Crippen molar-refractivity contribution < 1.29 is 9.90 Å². The van der Waals surface area contributed by atoms with E-state index in [9.17, 15) is 9.90 Å². The van der Waals surface area contributed by atoms with Gasteiger partial charge in [0.05, 0.1) is 6.42 Å². The number of carboxylic acids is 1. The molecule has 116 valence electrons. The van der Waals surface area contributed by atoms with Crippen LogP contribution in [0.25, 0.3) is 0 Å². The minimum absolute atomic E-state index is 0.127. The summed E-state index contributed by atoms with van der Waals surface area (Å²) in [7, 11) is 0. The fourth-order valence-corrected chi connectivity index (χ4v) is 3.11. The lowest BCUT2D eigenvalue weighted by atomic mass is 9.94. The normalized spacial score (nSPS) is 18.6. The minimum Gasteiger partial charge on any atom is -0.481 e. The number of piperidine rings is 1. The molecule has 1 aliphatic heterocycles. The van der Waals surface area contributed by atoms with Gasteiger partial charge in [-0.2, -0.15) is 0 Å². The first-order valence-electron chi connectivity index (χ1n) is 8.12. The predicted molar refractivity (Wildman–Crippen MR) is 85.5 cm³/mol. The first-order chi connectivity index (χ1) is 10.1. The Bertz CT molecular complexity index is 447. The molecule has 1 heterocycles. The Kier molecular flexibility index (Phi) is 5.80. The summed E-state index contributed by atoms with van der Waals surface area (Å²) in [6, 6.07) is 8.75. The van der Waals surface area contributed by atoms with Gasteiger partial charge in [0.15, 0.2) is 0 Å². The third kappa shape index (κ3) is 4.85. The Morgan fingerprint density at radius 3 is 2.33 bits per heavy atom. The Labute approximate surface area is 128 Å². The lowest BCUT2D eigenvalue weighted by Gasteiger charge is -2.36. The van der Waals surface area contributed by atoms with Crippen molar-refractivity contribution in [2.24, 2.45) is 5.92 Å². The van der Waals surface area contributed by atoms with Crippen LogP contribution in [0.4, 0.5) is 0 Å². The van der Waals surface area contributed by atoms with E-state index in [1.54, 1.807) is 0 Å². The average Bonchev–Trinajstić information content (AvgIpc) is 2.48. The molecule has 1 saturated heterocycles. The molecule has 1 atom stereocenters. The second-order valence-corrected chi connectivity index (χ2v) is 6.34. The molecular formula is C18H27NO2. The van der Waals surface area contributed by atoms with Crippen LogP contribution in [0.5, 0.6) is 0 Å². The first-order valence-corrected chi connectivity index (χ1v) is 8.12. The van der Waals surface area contributed by atoms with E-state index in [0.29, 0.717) is 0 Å². The van der Waals surface area contributed by atoms with Crippen molar-refractivity contribution in [1.82, 2.24) is 4.90 Å². The summed E-state index contributed by atoms with van der Waals surface area (Å²) < 4.78 is 0. The molecule has 3 heteroatoms. The van der Waals surface area contributed by atoms with Crippen LogP contribution in [0.3, 0.4) is 0 Å². The van der Waals surface area contributed by atoms with Crippen LogP contribution in [-0.2, 0) is 17.6 Å². The fraction of sp³-hybridized carbons (Fsp3) is 0.611. The highest BCUT2D eigenvalue weighted by molar-refractivity contribution is 5.67. The topological polar surface area (TPSA) is 40.5 Å². The average molecular weight is 289 g/mol.